The Morgan fingerprint density at radius 2 is 2.00 bits per heavy atom. The Morgan fingerprint density at radius 3 is 2.77 bits per heavy atom. The van der Waals surface area contributed by atoms with Crippen molar-refractivity contribution in [2.24, 2.45) is 4.99 Å². The zero-order chi connectivity index (χ0) is 18.7. The van der Waals surface area contributed by atoms with Gasteiger partial charge in [0, 0.05) is 19.1 Å². The van der Waals surface area contributed by atoms with Crippen molar-refractivity contribution < 1.29 is 0 Å². The number of halogens is 1. The lowest BCUT2D eigenvalue weighted by Crippen LogP contribution is -2.42. The first-order chi connectivity index (χ1) is 12.5. The van der Waals surface area contributed by atoms with Crippen molar-refractivity contribution in [3.05, 3.63) is 30.1 Å². The number of hydrogen-bond acceptors (Lipinski definition) is 5. The molecule has 1 unspecified atom stereocenters. The standard InChI is InChI=1S/C19H27ClN6/c1-14(15(2)25-10-6-9-24(3)11-12-25)22-18(20)19-23-16-7-4-5-8-17(16)26(19)13-21/h4-5,7-8,13-15,21H,6,9-12H2,1-3H3/t14-,15?/m0/s1. The van der Waals surface area contributed by atoms with E-state index in [0.717, 1.165) is 37.2 Å². The van der Waals surface area contributed by atoms with Gasteiger partial charge in [-0.3, -0.25) is 19.9 Å². The number of para-hydroxylation sites is 2. The molecule has 0 bridgehead atoms. The Bertz CT molecular complexity index is 798. The summed E-state index contributed by atoms with van der Waals surface area (Å²) in [6.07, 6.45) is 2.41. The summed E-state index contributed by atoms with van der Waals surface area (Å²) >= 11 is 6.53. The van der Waals surface area contributed by atoms with E-state index in [0.29, 0.717) is 17.0 Å². The highest BCUT2D eigenvalue weighted by atomic mass is 35.5. The van der Waals surface area contributed by atoms with Gasteiger partial charge in [-0.05, 0) is 52.5 Å². The summed E-state index contributed by atoms with van der Waals surface area (Å²) in [5.74, 6) is 0.525. The van der Waals surface area contributed by atoms with Gasteiger partial charge in [0.15, 0.2) is 11.0 Å². The molecule has 140 valence electrons. The van der Waals surface area contributed by atoms with Crippen LogP contribution in [0.3, 0.4) is 0 Å². The van der Waals surface area contributed by atoms with E-state index in [4.69, 9.17) is 22.0 Å². The molecule has 0 amide bonds. The number of nitrogens with one attached hydrogen (secondary N) is 1. The first-order valence-electron chi connectivity index (χ1n) is 9.15. The number of rotatable bonds is 5. The number of aromatic nitrogens is 2. The van der Waals surface area contributed by atoms with Gasteiger partial charge in [0.1, 0.15) is 0 Å². The highest BCUT2D eigenvalue weighted by Crippen LogP contribution is 2.18. The molecule has 2 atom stereocenters. The van der Waals surface area contributed by atoms with E-state index in [1.165, 1.54) is 12.8 Å². The van der Waals surface area contributed by atoms with Crippen LogP contribution in [0.25, 0.3) is 11.0 Å². The van der Waals surface area contributed by atoms with Crippen molar-refractivity contribution in [1.29, 1.82) is 5.41 Å². The average Bonchev–Trinajstić information content (AvgIpc) is 2.88. The Balaban J connectivity index is 1.81. The van der Waals surface area contributed by atoms with Gasteiger partial charge in [-0.25, -0.2) is 4.98 Å². The summed E-state index contributed by atoms with van der Waals surface area (Å²) < 4.78 is 1.68. The first-order valence-corrected chi connectivity index (χ1v) is 9.53. The number of benzene rings is 1. The maximum absolute atomic E-state index is 7.72. The fourth-order valence-electron chi connectivity index (χ4n) is 3.44. The minimum atomic E-state index is 0.0462. The molecule has 1 aliphatic heterocycles. The van der Waals surface area contributed by atoms with Gasteiger partial charge in [0.2, 0.25) is 0 Å². The topological polar surface area (TPSA) is 60.5 Å². The zero-order valence-corrected chi connectivity index (χ0v) is 16.4. The quantitative estimate of drug-likeness (QED) is 0.646. The first kappa shape index (κ1) is 19.0. The van der Waals surface area contributed by atoms with Crippen molar-refractivity contribution in [2.75, 3.05) is 33.2 Å². The van der Waals surface area contributed by atoms with E-state index in [-0.39, 0.29) is 6.04 Å². The Kier molecular flexibility index (Phi) is 6.06. The molecule has 1 aliphatic rings. The third-order valence-corrected chi connectivity index (χ3v) is 5.52. The molecular formula is C19H27ClN6. The van der Waals surface area contributed by atoms with Gasteiger partial charge in [-0.1, -0.05) is 23.7 Å². The molecule has 6 nitrogen and oxygen atoms in total. The number of nitrogens with zero attached hydrogens (tertiary/aromatic N) is 5. The van der Waals surface area contributed by atoms with E-state index >= 15 is 0 Å². The monoisotopic (exact) mass is 374 g/mol. The van der Waals surface area contributed by atoms with E-state index in [2.05, 4.69) is 35.7 Å². The second-order valence-corrected chi connectivity index (χ2v) is 7.38. The largest absolute Gasteiger partial charge is 0.305 e. The minimum Gasteiger partial charge on any atom is -0.305 e. The predicted molar refractivity (Wildman–Crippen MR) is 109 cm³/mol. The average molecular weight is 375 g/mol. The van der Waals surface area contributed by atoms with Gasteiger partial charge in [0.05, 0.1) is 23.4 Å². The number of aliphatic imine (C=N–C) groups is 1. The molecule has 1 saturated heterocycles. The second kappa shape index (κ2) is 8.29. The molecule has 2 aromatic rings. The third-order valence-electron chi connectivity index (χ3n) is 5.25. The van der Waals surface area contributed by atoms with Crippen LogP contribution in [0.5, 0.6) is 0 Å². The zero-order valence-electron chi connectivity index (χ0n) is 15.7. The van der Waals surface area contributed by atoms with Crippen molar-refractivity contribution in [3.8, 4) is 0 Å². The van der Waals surface area contributed by atoms with E-state index < -0.39 is 0 Å². The fraction of sp³-hybridized carbons (Fsp3) is 0.526. The number of imidazole rings is 1. The van der Waals surface area contributed by atoms with Crippen molar-refractivity contribution >= 4 is 34.1 Å². The van der Waals surface area contributed by atoms with E-state index in [1.807, 2.05) is 24.3 Å². The Hall–Kier alpha value is -1.76. The third kappa shape index (κ3) is 3.98. The van der Waals surface area contributed by atoms with Crippen LogP contribution < -0.4 is 0 Å². The van der Waals surface area contributed by atoms with Crippen LogP contribution in [0.15, 0.2) is 29.3 Å². The van der Waals surface area contributed by atoms with Gasteiger partial charge < -0.3 is 4.90 Å². The lowest BCUT2D eigenvalue weighted by atomic mass is 10.1. The van der Waals surface area contributed by atoms with E-state index in [9.17, 15) is 0 Å². The normalized spacial score (nSPS) is 20.1. The molecular weight excluding hydrogens is 348 g/mol. The predicted octanol–water partition coefficient (Wildman–Crippen LogP) is 2.89. The van der Waals surface area contributed by atoms with Crippen molar-refractivity contribution in [2.45, 2.75) is 32.4 Å². The summed E-state index contributed by atoms with van der Waals surface area (Å²) in [6.45, 7) is 8.67. The molecule has 3 rings (SSSR count). The molecule has 7 heteroatoms. The second-order valence-electron chi connectivity index (χ2n) is 7.02. The highest BCUT2D eigenvalue weighted by molar-refractivity contribution is 6.69. The van der Waals surface area contributed by atoms with Crippen LogP contribution in [-0.2, 0) is 0 Å². The molecule has 0 saturated carbocycles. The molecule has 0 aliphatic carbocycles. The van der Waals surface area contributed by atoms with Crippen molar-refractivity contribution in [1.82, 2.24) is 19.4 Å². The lowest BCUT2D eigenvalue weighted by Gasteiger charge is -2.30. The Morgan fingerprint density at radius 1 is 1.23 bits per heavy atom. The molecule has 1 aromatic carbocycles. The van der Waals surface area contributed by atoms with Crippen LogP contribution in [0, 0.1) is 5.41 Å². The van der Waals surface area contributed by atoms with Gasteiger partial charge in [-0.2, -0.15) is 0 Å². The molecule has 0 spiro atoms. The van der Waals surface area contributed by atoms with Crippen LogP contribution in [0.1, 0.15) is 26.1 Å². The molecule has 0 radical (unpaired) electrons. The molecule has 1 aromatic heterocycles. The Labute approximate surface area is 160 Å². The molecule has 1 N–H and O–H groups in total. The van der Waals surface area contributed by atoms with Crippen LogP contribution >= 0.6 is 11.6 Å². The van der Waals surface area contributed by atoms with E-state index in [1.54, 1.807) is 4.57 Å². The summed E-state index contributed by atoms with van der Waals surface area (Å²) in [6, 6.07) is 8.06. The number of fused-ring (bicyclic) bond motifs is 1. The van der Waals surface area contributed by atoms with Gasteiger partial charge in [-0.15, -0.1) is 0 Å². The van der Waals surface area contributed by atoms with Crippen LogP contribution in [0.4, 0.5) is 0 Å². The highest BCUT2D eigenvalue weighted by Gasteiger charge is 2.23. The van der Waals surface area contributed by atoms with Crippen LogP contribution in [0.2, 0.25) is 0 Å². The molecule has 2 heterocycles. The van der Waals surface area contributed by atoms with Crippen molar-refractivity contribution in [3.63, 3.8) is 0 Å². The maximum atomic E-state index is 7.72. The molecule has 1 fully saturated rings. The summed E-state index contributed by atoms with van der Waals surface area (Å²) in [5.41, 5.74) is 1.68. The summed E-state index contributed by atoms with van der Waals surface area (Å²) in [4.78, 5) is 14.1. The van der Waals surface area contributed by atoms with Gasteiger partial charge in [0.25, 0.3) is 0 Å². The summed E-state index contributed by atoms with van der Waals surface area (Å²) in [7, 11) is 2.18. The molecule has 26 heavy (non-hydrogen) atoms. The maximum Gasteiger partial charge on any atom is 0.176 e. The van der Waals surface area contributed by atoms with Crippen LogP contribution in [-0.4, -0.2) is 76.2 Å². The summed E-state index contributed by atoms with van der Waals surface area (Å²) in [5, 5.41) is 8.08. The fourth-order valence-corrected chi connectivity index (χ4v) is 3.73. The number of hydrogen-bond donors (Lipinski definition) is 1. The lowest BCUT2D eigenvalue weighted by molar-refractivity contribution is 0.196. The smallest absolute Gasteiger partial charge is 0.176 e. The minimum absolute atomic E-state index is 0.0462. The van der Waals surface area contributed by atoms with Gasteiger partial charge >= 0.3 is 0 Å². The number of likely N-dealkylation sites (N-methyl/N-ethyl adjacent to an activating group) is 1. The SMILES string of the molecule is CC([C@H](C)N=C(Cl)c1nc2ccccc2n1C=N)N1CCCN(C)CC1.